The van der Waals surface area contributed by atoms with Crippen molar-refractivity contribution in [3.05, 3.63) is 0 Å². The minimum atomic E-state index is 0.312. The van der Waals surface area contributed by atoms with Gasteiger partial charge in [0.15, 0.2) is 0 Å². The van der Waals surface area contributed by atoms with Crippen LogP contribution in [0.15, 0.2) is 0 Å². The maximum absolute atomic E-state index is 12.1. The van der Waals surface area contributed by atoms with Crippen LogP contribution in [-0.4, -0.2) is 49.7 Å². The van der Waals surface area contributed by atoms with Crippen molar-refractivity contribution in [3.8, 4) is 0 Å². The molecule has 0 spiro atoms. The minimum absolute atomic E-state index is 0.312. The van der Waals surface area contributed by atoms with Crippen LogP contribution in [0.5, 0.6) is 0 Å². The van der Waals surface area contributed by atoms with Crippen molar-refractivity contribution in [1.29, 1.82) is 0 Å². The lowest BCUT2D eigenvalue weighted by atomic mass is 9.93. The van der Waals surface area contributed by atoms with Gasteiger partial charge in [-0.15, -0.1) is 0 Å². The summed E-state index contributed by atoms with van der Waals surface area (Å²) in [5.41, 5.74) is 0. The minimum Gasteiger partial charge on any atom is -0.378 e. The van der Waals surface area contributed by atoms with Gasteiger partial charge in [0.05, 0.1) is 6.10 Å². The molecule has 0 aromatic rings. The van der Waals surface area contributed by atoms with Crippen LogP contribution in [0, 0.1) is 5.92 Å². The second-order valence-corrected chi connectivity index (χ2v) is 5.67. The summed E-state index contributed by atoms with van der Waals surface area (Å²) in [5, 5.41) is 3.33. The highest BCUT2D eigenvalue weighted by molar-refractivity contribution is 5.76. The van der Waals surface area contributed by atoms with E-state index in [0.717, 1.165) is 45.4 Å². The molecule has 0 bridgehead atoms. The quantitative estimate of drug-likeness (QED) is 0.824. The van der Waals surface area contributed by atoms with Crippen molar-refractivity contribution < 1.29 is 9.53 Å². The van der Waals surface area contributed by atoms with Gasteiger partial charge in [0, 0.05) is 32.2 Å². The highest BCUT2D eigenvalue weighted by Crippen LogP contribution is 2.20. The molecule has 2 saturated heterocycles. The van der Waals surface area contributed by atoms with E-state index in [0.29, 0.717) is 30.4 Å². The molecular weight excluding hydrogens is 228 g/mol. The number of ether oxygens (including phenoxy) is 1. The molecule has 2 aliphatic rings. The van der Waals surface area contributed by atoms with E-state index in [-0.39, 0.29) is 0 Å². The zero-order chi connectivity index (χ0) is 13.0. The third-order valence-corrected chi connectivity index (χ3v) is 4.33. The zero-order valence-corrected chi connectivity index (χ0v) is 11.7. The molecule has 2 heterocycles. The smallest absolute Gasteiger partial charge is 0.222 e. The molecule has 2 fully saturated rings. The molecule has 2 aliphatic heterocycles. The Morgan fingerprint density at radius 3 is 2.89 bits per heavy atom. The molecule has 0 radical (unpaired) electrons. The van der Waals surface area contributed by atoms with Crippen LogP contribution in [-0.2, 0) is 9.53 Å². The van der Waals surface area contributed by atoms with Crippen LogP contribution >= 0.6 is 0 Å². The van der Waals surface area contributed by atoms with E-state index in [4.69, 9.17) is 4.74 Å². The lowest BCUT2D eigenvalue weighted by molar-refractivity contribution is -0.133. The largest absolute Gasteiger partial charge is 0.378 e. The van der Waals surface area contributed by atoms with Crippen molar-refractivity contribution in [1.82, 2.24) is 10.2 Å². The average Bonchev–Trinajstić information content (AvgIpc) is 2.89. The first-order chi connectivity index (χ1) is 8.70. The van der Waals surface area contributed by atoms with E-state index < -0.39 is 0 Å². The zero-order valence-electron chi connectivity index (χ0n) is 11.7. The van der Waals surface area contributed by atoms with Gasteiger partial charge in [-0.25, -0.2) is 0 Å². The van der Waals surface area contributed by atoms with Gasteiger partial charge in [0.25, 0.3) is 0 Å². The van der Waals surface area contributed by atoms with Crippen LogP contribution in [0.3, 0.4) is 0 Å². The fourth-order valence-electron chi connectivity index (χ4n) is 3.12. The molecule has 3 atom stereocenters. The molecule has 0 saturated carbocycles. The third kappa shape index (κ3) is 3.45. The number of likely N-dealkylation sites (tertiary alicyclic amines) is 1. The normalized spacial score (nSPS) is 32.8. The topological polar surface area (TPSA) is 41.6 Å². The Kier molecular flexibility index (Phi) is 5.01. The number of nitrogens with one attached hydrogen (secondary N) is 1. The molecule has 104 valence electrons. The molecule has 4 nitrogen and oxygen atoms in total. The van der Waals surface area contributed by atoms with E-state index in [2.05, 4.69) is 12.2 Å². The predicted octanol–water partition coefficient (Wildman–Crippen LogP) is 1.40. The number of hydrogen-bond acceptors (Lipinski definition) is 3. The van der Waals surface area contributed by atoms with E-state index in [9.17, 15) is 4.79 Å². The van der Waals surface area contributed by atoms with Crippen LogP contribution < -0.4 is 5.32 Å². The molecule has 1 N–H and O–H groups in total. The van der Waals surface area contributed by atoms with Gasteiger partial charge in [-0.1, -0.05) is 6.92 Å². The Bertz CT molecular complexity index is 277. The van der Waals surface area contributed by atoms with E-state index in [1.807, 2.05) is 11.9 Å². The average molecular weight is 254 g/mol. The fourth-order valence-corrected chi connectivity index (χ4v) is 3.12. The lowest BCUT2D eigenvalue weighted by Gasteiger charge is -2.37. The molecule has 18 heavy (non-hydrogen) atoms. The number of carbonyl (C=O) groups is 1. The van der Waals surface area contributed by atoms with E-state index >= 15 is 0 Å². The summed E-state index contributed by atoms with van der Waals surface area (Å²) >= 11 is 0. The Hall–Kier alpha value is -0.610. The number of carbonyl (C=O) groups excluding carboxylic acids is 1. The lowest BCUT2D eigenvalue weighted by Crippen LogP contribution is -2.49. The summed E-state index contributed by atoms with van der Waals surface area (Å²) in [4.78, 5) is 14.2. The number of nitrogens with zero attached hydrogens (tertiary/aromatic N) is 1. The third-order valence-electron chi connectivity index (χ3n) is 4.33. The number of amides is 1. The first-order valence-corrected chi connectivity index (χ1v) is 7.27. The maximum atomic E-state index is 12.1. The van der Waals surface area contributed by atoms with Crippen molar-refractivity contribution in [3.63, 3.8) is 0 Å². The summed E-state index contributed by atoms with van der Waals surface area (Å²) in [5.74, 6) is 0.863. The van der Waals surface area contributed by atoms with E-state index in [1.54, 1.807) is 0 Å². The Labute approximate surface area is 110 Å². The summed E-state index contributed by atoms with van der Waals surface area (Å²) in [6.07, 6.45) is 5.25. The first-order valence-electron chi connectivity index (χ1n) is 7.27. The molecule has 1 amide bonds. The second-order valence-electron chi connectivity index (χ2n) is 5.67. The second kappa shape index (κ2) is 6.53. The van der Waals surface area contributed by atoms with Crippen molar-refractivity contribution in [2.24, 2.45) is 5.92 Å². The standard InChI is InChI=1S/C14H26N2O2/c1-11-10-16(8-7-13(11)15-2)14(17)6-5-12-4-3-9-18-12/h11-13,15H,3-10H2,1-2H3. The molecule has 4 heteroatoms. The van der Waals surface area contributed by atoms with Crippen molar-refractivity contribution in [2.45, 2.75) is 51.2 Å². The maximum Gasteiger partial charge on any atom is 0.222 e. The Morgan fingerprint density at radius 1 is 1.44 bits per heavy atom. The van der Waals surface area contributed by atoms with Gasteiger partial charge < -0.3 is 15.0 Å². The van der Waals surface area contributed by atoms with Crippen LogP contribution in [0.25, 0.3) is 0 Å². The number of hydrogen-bond donors (Lipinski definition) is 1. The summed E-state index contributed by atoms with van der Waals surface area (Å²) in [6, 6.07) is 0.562. The van der Waals surface area contributed by atoms with Crippen LogP contribution in [0.1, 0.15) is 39.0 Å². The molecule has 3 unspecified atom stereocenters. The van der Waals surface area contributed by atoms with E-state index in [1.165, 1.54) is 0 Å². The molecule has 2 rings (SSSR count). The SMILES string of the molecule is CNC1CCN(C(=O)CCC2CCCO2)CC1C. The van der Waals surface area contributed by atoms with Gasteiger partial charge in [0.1, 0.15) is 0 Å². The molecule has 0 aromatic carbocycles. The predicted molar refractivity (Wildman–Crippen MR) is 71.4 cm³/mol. The van der Waals surface area contributed by atoms with Gasteiger partial charge in [-0.3, -0.25) is 4.79 Å². The van der Waals surface area contributed by atoms with Gasteiger partial charge in [0.2, 0.25) is 5.91 Å². The van der Waals surface area contributed by atoms with Crippen molar-refractivity contribution in [2.75, 3.05) is 26.7 Å². The molecular formula is C14H26N2O2. The van der Waals surface area contributed by atoms with Gasteiger partial charge in [-0.05, 0) is 38.6 Å². The Balaban J connectivity index is 1.72. The van der Waals surface area contributed by atoms with Crippen LogP contribution in [0.2, 0.25) is 0 Å². The summed E-state index contributed by atoms with van der Waals surface area (Å²) < 4.78 is 5.57. The number of piperidine rings is 1. The Morgan fingerprint density at radius 2 is 2.28 bits per heavy atom. The number of rotatable bonds is 4. The van der Waals surface area contributed by atoms with Crippen molar-refractivity contribution >= 4 is 5.91 Å². The fraction of sp³-hybridized carbons (Fsp3) is 0.929. The molecule has 0 aromatic heterocycles. The van der Waals surface area contributed by atoms with Crippen LogP contribution in [0.4, 0.5) is 0 Å². The summed E-state index contributed by atoms with van der Waals surface area (Å²) in [7, 11) is 2.01. The van der Waals surface area contributed by atoms with Gasteiger partial charge in [-0.2, -0.15) is 0 Å². The highest BCUT2D eigenvalue weighted by Gasteiger charge is 2.28. The summed E-state index contributed by atoms with van der Waals surface area (Å²) in [6.45, 7) is 4.90. The van der Waals surface area contributed by atoms with Gasteiger partial charge >= 0.3 is 0 Å². The first kappa shape index (κ1) is 13.8. The molecule has 0 aliphatic carbocycles. The highest BCUT2D eigenvalue weighted by atomic mass is 16.5. The monoisotopic (exact) mass is 254 g/mol.